The number of alkyl halides is 2. The summed E-state index contributed by atoms with van der Waals surface area (Å²) < 4.78 is 33.6. The zero-order chi connectivity index (χ0) is 11.1. The van der Waals surface area contributed by atoms with E-state index in [9.17, 15) is 8.78 Å². The van der Waals surface area contributed by atoms with E-state index in [1.165, 1.54) is 0 Å². The van der Waals surface area contributed by atoms with Gasteiger partial charge in [-0.1, -0.05) is 6.92 Å². The number of furan rings is 1. The van der Waals surface area contributed by atoms with Gasteiger partial charge in [-0.3, -0.25) is 0 Å². The Morgan fingerprint density at radius 1 is 1.40 bits per heavy atom. The van der Waals surface area contributed by atoms with E-state index in [0.29, 0.717) is 12.3 Å². The molecule has 0 spiro atoms. The second-order valence-electron chi connectivity index (χ2n) is 3.05. The van der Waals surface area contributed by atoms with Gasteiger partial charge in [0.05, 0.1) is 6.54 Å². The van der Waals surface area contributed by atoms with Gasteiger partial charge in [0.25, 0.3) is 6.43 Å². The zero-order valence-electron chi connectivity index (χ0n) is 8.63. The summed E-state index contributed by atoms with van der Waals surface area (Å²) in [5.74, 6) is 1.36. The van der Waals surface area contributed by atoms with E-state index in [-0.39, 0.29) is 6.61 Å². The summed E-state index contributed by atoms with van der Waals surface area (Å²) >= 11 is 0. The molecule has 1 aromatic rings. The van der Waals surface area contributed by atoms with Crippen LogP contribution in [0.5, 0.6) is 0 Å². The summed E-state index contributed by atoms with van der Waals surface area (Å²) in [4.78, 5) is 0. The average molecular weight is 219 g/mol. The third kappa shape index (κ3) is 4.90. The molecular formula is C10H15F2NO2. The number of rotatable bonds is 7. The smallest absolute Gasteiger partial charge is 0.261 e. The number of hydrogen-bond acceptors (Lipinski definition) is 3. The predicted molar refractivity (Wildman–Crippen MR) is 51.7 cm³/mol. The first-order valence-corrected chi connectivity index (χ1v) is 4.86. The summed E-state index contributed by atoms with van der Waals surface area (Å²) in [6.45, 7) is 3.04. The van der Waals surface area contributed by atoms with E-state index in [1.54, 1.807) is 6.07 Å². The van der Waals surface area contributed by atoms with Crippen molar-refractivity contribution in [2.24, 2.45) is 0 Å². The first-order chi connectivity index (χ1) is 7.22. The molecule has 1 N–H and O–H groups in total. The fraction of sp³-hybridized carbons (Fsp3) is 0.600. The van der Waals surface area contributed by atoms with Crippen molar-refractivity contribution >= 4 is 0 Å². The SMILES string of the molecule is CCNCc1ccc(COCC(F)F)o1. The lowest BCUT2D eigenvalue weighted by Crippen LogP contribution is -2.10. The van der Waals surface area contributed by atoms with Crippen molar-refractivity contribution in [1.29, 1.82) is 0 Å². The molecule has 1 rings (SSSR count). The Kier molecular flexibility index (Phi) is 5.28. The highest BCUT2D eigenvalue weighted by atomic mass is 19.3. The van der Waals surface area contributed by atoms with Crippen LogP contribution in [0.15, 0.2) is 16.5 Å². The lowest BCUT2D eigenvalue weighted by Gasteiger charge is -2.00. The summed E-state index contributed by atoms with van der Waals surface area (Å²) in [5, 5.41) is 3.10. The van der Waals surface area contributed by atoms with Crippen molar-refractivity contribution in [3.63, 3.8) is 0 Å². The van der Waals surface area contributed by atoms with Crippen molar-refractivity contribution in [2.75, 3.05) is 13.2 Å². The lowest BCUT2D eigenvalue weighted by atomic mass is 10.4. The summed E-state index contributed by atoms with van der Waals surface area (Å²) in [5.41, 5.74) is 0. The maximum atomic E-state index is 11.7. The van der Waals surface area contributed by atoms with Crippen LogP contribution in [0.2, 0.25) is 0 Å². The molecule has 0 radical (unpaired) electrons. The topological polar surface area (TPSA) is 34.4 Å². The van der Waals surface area contributed by atoms with Gasteiger partial charge >= 0.3 is 0 Å². The van der Waals surface area contributed by atoms with Gasteiger partial charge in [-0.15, -0.1) is 0 Å². The molecule has 0 aliphatic heterocycles. The van der Waals surface area contributed by atoms with E-state index < -0.39 is 13.0 Å². The molecule has 0 saturated heterocycles. The first-order valence-electron chi connectivity index (χ1n) is 4.86. The molecule has 0 bridgehead atoms. The Bertz CT molecular complexity index is 276. The number of nitrogens with one attached hydrogen (secondary N) is 1. The van der Waals surface area contributed by atoms with E-state index in [0.717, 1.165) is 12.3 Å². The predicted octanol–water partition coefficient (Wildman–Crippen LogP) is 2.17. The van der Waals surface area contributed by atoms with E-state index in [4.69, 9.17) is 9.15 Å². The van der Waals surface area contributed by atoms with Crippen LogP contribution in [-0.2, 0) is 17.9 Å². The third-order valence-electron chi connectivity index (χ3n) is 1.75. The van der Waals surface area contributed by atoms with E-state index in [1.807, 2.05) is 13.0 Å². The molecule has 0 aromatic carbocycles. The van der Waals surface area contributed by atoms with Crippen molar-refractivity contribution in [1.82, 2.24) is 5.32 Å². The average Bonchev–Trinajstić information content (AvgIpc) is 2.62. The molecule has 0 amide bonds. The molecule has 1 heterocycles. The number of ether oxygens (including phenoxy) is 1. The minimum Gasteiger partial charge on any atom is -0.462 e. The molecular weight excluding hydrogens is 204 g/mol. The highest BCUT2D eigenvalue weighted by molar-refractivity contribution is 5.06. The number of halogens is 2. The fourth-order valence-electron chi connectivity index (χ4n) is 1.09. The summed E-state index contributed by atoms with van der Waals surface area (Å²) in [6, 6.07) is 3.54. The van der Waals surface area contributed by atoms with Crippen molar-refractivity contribution < 1.29 is 17.9 Å². The van der Waals surface area contributed by atoms with Gasteiger partial charge in [0.2, 0.25) is 0 Å². The molecule has 0 aliphatic rings. The molecule has 0 saturated carbocycles. The lowest BCUT2D eigenvalue weighted by molar-refractivity contribution is 0.00427. The maximum absolute atomic E-state index is 11.7. The molecule has 0 atom stereocenters. The zero-order valence-corrected chi connectivity index (χ0v) is 8.63. The van der Waals surface area contributed by atoms with Crippen LogP contribution in [0.25, 0.3) is 0 Å². The Labute approximate surface area is 87.4 Å². The Balaban J connectivity index is 2.26. The number of hydrogen-bond donors (Lipinski definition) is 1. The van der Waals surface area contributed by atoms with Gasteiger partial charge in [0.1, 0.15) is 24.7 Å². The molecule has 3 nitrogen and oxygen atoms in total. The van der Waals surface area contributed by atoms with Crippen LogP contribution in [0.1, 0.15) is 18.4 Å². The van der Waals surface area contributed by atoms with Crippen molar-refractivity contribution in [3.8, 4) is 0 Å². The van der Waals surface area contributed by atoms with Crippen LogP contribution < -0.4 is 5.32 Å². The Hall–Kier alpha value is -0.940. The van der Waals surface area contributed by atoms with Gasteiger partial charge in [0.15, 0.2) is 0 Å². The van der Waals surface area contributed by atoms with Crippen LogP contribution >= 0.6 is 0 Å². The standard InChI is InChI=1S/C10H15F2NO2/c1-2-13-5-8-3-4-9(15-8)6-14-7-10(11)12/h3-4,10,13H,2,5-7H2,1H3. The Morgan fingerprint density at radius 2 is 2.13 bits per heavy atom. The van der Waals surface area contributed by atoms with Crippen LogP contribution in [0.3, 0.4) is 0 Å². The summed E-state index contributed by atoms with van der Waals surface area (Å²) in [7, 11) is 0. The van der Waals surface area contributed by atoms with E-state index >= 15 is 0 Å². The molecule has 5 heteroatoms. The largest absolute Gasteiger partial charge is 0.462 e. The molecule has 1 aromatic heterocycles. The van der Waals surface area contributed by atoms with Gasteiger partial charge in [-0.05, 0) is 18.7 Å². The van der Waals surface area contributed by atoms with Gasteiger partial charge in [-0.25, -0.2) is 8.78 Å². The highest BCUT2D eigenvalue weighted by Gasteiger charge is 2.05. The highest BCUT2D eigenvalue weighted by Crippen LogP contribution is 2.09. The Morgan fingerprint density at radius 3 is 2.80 bits per heavy atom. The normalized spacial score (nSPS) is 11.2. The third-order valence-corrected chi connectivity index (χ3v) is 1.75. The van der Waals surface area contributed by atoms with Crippen molar-refractivity contribution in [3.05, 3.63) is 23.7 Å². The fourth-order valence-corrected chi connectivity index (χ4v) is 1.09. The van der Waals surface area contributed by atoms with Crippen molar-refractivity contribution in [2.45, 2.75) is 26.5 Å². The molecule has 0 aliphatic carbocycles. The second-order valence-corrected chi connectivity index (χ2v) is 3.05. The molecule has 15 heavy (non-hydrogen) atoms. The summed E-state index contributed by atoms with van der Waals surface area (Å²) in [6.07, 6.45) is -2.43. The van der Waals surface area contributed by atoms with Gasteiger partial charge in [-0.2, -0.15) is 0 Å². The second kappa shape index (κ2) is 6.53. The first kappa shape index (κ1) is 12.1. The monoisotopic (exact) mass is 219 g/mol. The van der Waals surface area contributed by atoms with Gasteiger partial charge < -0.3 is 14.5 Å². The molecule has 0 unspecified atom stereocenters. The minimum absolute atomic E-state index is 0.0937. The van der Waals surface area contributed by atoms with Crippen LogP contribution in [0, 0.1) is 0 Å². The van der Waals surface area contributed by atoms with Crippen LogP contribution in [-0.4, -0.2) is 19.6 Å². The van der Waals surface area contributed by atoms with E-state index in [2.05, 4.69) is 5.32 Å². The maximum Gasteiger partial charge on any atom is 0.261 e. The molecule has 0 fully saturated rings. The molecule has 86 valence electrons. The minimum atomic E-state index is -2.43. The van der Waals surface area contributed by atoms with Gasteiger partial charge in [0, 0.05) is 0 Å². The van der Waals surface area contributed by atoms with Crippen LogP contribution in [0.4, 0.5) is 8.78 Å². The quantitative estimate of drug-likeness (QED) is 0.763.